The van der Waals surface area contributed by atoms with Crippen molar-refractivity contribution < 1.29 is 14.3 Å². The lowest BCUT2D eigenvalue weighted by Gasteiger charge is -2.26. The Morgan fingerprint density at radius 3 is 3.06 bits per heavy atom. The lowest BCUT2D eigenvalue weighted by Crippen LogP contribution is -2.51. The minimum atomic E-state index is -0.161. The highest BCUT2D eigenvalue weighted by molar-refractivity contribution is 5.86. The summed E-state index contributed by atoms with van der Waals surface area (Å²) in [4.78, 5) is 24.5. The van der Waals surface area contributed by atoms with Gasteiger partial charge in [-0.1, -0.05) is 12.1 Å². The van der Waals surface area contributed by atoms with Crippen molar-refractivity contribution in [2.75, 3.05) is 26.2 Å². The first-order valence-electron chi connectivity index (χ1n) is 5.89. The van der Waals surface area contributed by atoms with Gasteiger partial charge in [-0.25, -0.2) is 0 Å². The summed E-state index contributed by atoms with van der Waals surface area (Å²) in [6, 6.07) is 7.52. The molecule has 0 unspecified atom stereocenters. The second-order valence-corrected chi connectivity index (χ2v) is 4.27. The Labute approximate surface area is 106 Å². The topological polar surface area (TPSA) is 58.6 Å². The molecular weight excluding hydrogens is 232 g/mol. The molecule has 0 saturated carbocycles. The fourth-order valence-electron chi connectivity index (χ4n) is 1.79. The first kappa shape index (κ1) is 12.4. The molecule has 2 rings (SSSR count). The van der Waals surface area contributed by atoms with E-state index in [-0.39, 0.29) is 25.0 Å². The molecule has 1 heterocycles. The summed E-state index contributed by atoms with van der Waals surface area (Å²) in [5.41, 5.74) is 1.08. The van der Waals surface area contributed by atoms with E-state index in [1.165, 1.54) is 4.90 Å². The average molecular weight is 248 g/mol. The molecule has 0 radical (unpaired) electrons. The van der Waals surface area contributed by atoms with Crippen molar-refractivity contribution in [3.05, 3.63) is 29.8 Å². The third-order valence-electron chi connectivity index (χ3n) is 2.74. The molecule has 96 valence electrons. The van der Waals surface area contributed by atoms with E-state index in [0.29, 0.717) is 18.8 Å². The lowest BCUT2D eigenvalue weighted by molar-refractivity contribution is -0.139. The Kier molecular flexibility index (Phi) is 3.82. The monoisotopic (exact) mass is 248 g/mol. The van der Waals surface area contributed by atoms with Gasteiger partial charge in [0.05, 0.1) is 6.54 Å². The number of benzene rings is 1. The van der Waals surface area contributed by atoms with Crippen LogP contribution in [0, 0.1) is 6.92 Å². The molecule has 0 atom stereocenters. The standard InChI is InChI=1S/C13H16N2O3/c1-10-3-2-4-11(7-10)18-9-13(17)15-6-5-14-12(16)8-15/h2-4,7H,5-6,8-9H2,1H3,(H,14,16). The smallest absolute Gasteiger partial charge is 0.261 e. The zero-order valence-electron chi connectivity index (χ0n) is 10.3. The molecule has 5 heteroatoms. The number of carbonyl (C=O) groups excluding carboxylic acids is 2. The molecular formula is C13H16N2O3. The maximum atomic E-state index is 11.8. The van der Waals surface area contributed by atoms with Gasteiger partial charge in [-0.2, -0.15) is 0 Å². The SMILES string of the molecule is Cc1cccc(OCC(=O)N2CCNC(=O)C2)c1. The number of amides is 2. The number of ether oxygens (including phenoxy) is 1. The molecule has 1 N–H and O–H groups in total. The van der Waals surface area contributed by atoms with Crippen LogP contribution in [0.15, 0.2) is 24.3 Å². The average Bonchev–Trinajstić information content (AvgIpc) is 2.36. The molecule has 1 aliphatic rings. The van der Waals surface area contributed by atoms with Crippen molar-refractivity contribution in [3.63, 3.8) is 0 Å². The second kappa shape index (κ2) is 5.53. The summed E-state index contributed by atoms with van der Waals surface area (Å²) in [5.74, 6) is 0.390. The number of hydrogen-bond donors (Lipinski definition) is 1. The zero-order valence-corrected chi connectivity index (χ0v) is 10.3. The zero-order chi connectivity index (χ0) is 13.0. The lowest BCUT2D eigenvalue weighted by atomic mass is 10.2. The first-order valence-corrected chi connectivity index (χ1v) is 5.89. The number of aryl methyl sites for hydroxylation is 1. The Morgan fingerprint density at radius 2 is 2.33 bits per heavy atom. The van der Waals surface area contributed by atoms with Gasteiger partial charge in [0, 0.05) is 13.1 Å². The van der Waals surface area contributed by atoms with Gasteiger partial charge >= 0.3 is 0 Å². The van der Waals surface area contributed by atoms with Gasteiger partial charge in [-0.3, -0.25) is 9.59 Å². The van der Waals surface area contributed by atoms with Gasteiger partial charge in [-0.15, -0.1) is 0 Å². The molecule has 1 aromatic carbocycles. The molecule has 1 aromatic rings. The quantitative estimate of drug-likeness (QED) is 0.838. The van der Waals surface area contributed by atoms with E-state index in [1.807, 2.05) is 31.2 Å². The van der Waals surface area contributed by atoms with Crippen molar-refractivity contribution in [3.8, 4) is 5.75 Å². The van der Waals surface area contributed by atoms with Crippen LogP contribution >= 0.6 is 0 Å². The highest BCUT2D eigenvalue weighted by Gasteiger charge is 2.21. The molecule has 5 nitrogen and oxygen atoms in total. The van der Waals surface area contributed by atoms with E-state index < -0.39 is 0 Å². The van der Waals surface area contributed by atoms with Gasteiger partial charge in [0.1, 0.15) is 5.75 Å². The van der Waals surface area contributed by atoms with Gasteiger partial charge in [0.2, 0.25) is 5.91 Å². The third-order valence-corrected chi connectivity index (χ3v) is 2.74. The number of nitrogens with one attached hydrogen (secondary N) is 1. The van der Waals surface area contributed by atoms with Crippen LogP contribution in [0.3, 0.4) is 0 Å². The number of hydrogen-bond acceptors (Lipinski definition) is 3. The minimum Gasteiger partial charge on any atom is -0.484 e. The van der Waals surface area contributed by atoms with Gasteiger partial charge in [-0.05, 0) is 24.6 Å². The summed E-state index contributed by atoms with van der Waals surface area (Å²) in [6.45, 7) is 3.10. The van der Waals surface area contributed by atoms with Crippen LogP contribution in [0.5, 0.6) is 5.75 Å². The van der Waals surface area contributed by atoms with Gasteiger partial charge in [0.25, 0.3) is 5.91 Å². The normalized spacial score (nSPS) is 15.2. The number of rotatable bonds is 3. The summed E-state index contributed by atoms with van der Waals surface area (Å²) < 4.78 is 5.41. The summed E-state index contributed by atoms with van der Waals surface area (Å²) >= 11 is 0. The van der Waals surface area contributed by atoms with E-state index in [2.05, 4.69) is 5.32 Å². The van der Waals surface area contributed by atoms with E-state index in [1.54, 1.807) is 0 Å². The Hall–Kier alpha value is -2.04. The van der Waals surface area contributed by atoms with Crippen molar-refractivity contribution in [1.29, 1.82) is 0 Å². The van der Waals surface area contributed by atoms with Gasteiger partial charge < -0.3 is 15.0 Å². The molecule has 0 aromatic heterocycles. The molecule has 2 amide bonds. The van der Waals surface area contributed by atoms with E-state index in [4.69, 9.17) is 4.74 Å². The van der Waals surface area contributed by atoms with Crippen LogP contribution in [0.1, 0.15) is 5.56 Å². The first-order chi connectivity index (χ1) is 8.65. The Balaban J connectivity index is 1.86. The van der Waals surface area contributed by atoms with E-state index in [9.17, 15) is 9.59 Å². The Morgan fingerprint density at radius 1 is 1.50 bits per heavy atom. The van der Waals surface area contributed by atoms with Crippen LogP contribution < -0.4 is 10.1 Å². The van der Waals surface area contributed by atoms with Crippen molar-refractivity contribution >= 4 is 11.8 Å². The highest BCUT2D eigenvalue weighted by atomic mass is 16.5. The van der Waals surface area contributed by atoms with Crippen LogP contribution in [0.4, 0.5) is 0 Å². The molecule has 1 aliphatic heterocycles. The number of nitrogens with zero attached hydrogens (tertiary/aromatic N) is 1. The maximum absolute atomic E-state index is 11.8. The van der Waals surface area contributed by atoms with E-state index in [0.717, 1.165) is 5.56 Å². The molecule has 1 fully saturated rings. The largest absolute Gasteiger partial charge is 0.484 e. The van der Waals surface area contributed by atoms with Gasteiger partial charge in [0.15, 0.2) is 6.61 Å². The van der Waals surface area contributed by atoms with Crippen molar-refractivity contribution in [2.45, 2.75) is 6.92 Å². The van der Waals surface area contributed by atoms with Crippen LogP contribution in [0.2, 0.25) is 0 Å². The summed E-state index contributed by atoms with van der Waals surface area (Å²) in [6.07, 6.45) is 0. The molecule has 0 spiro atoms. The second-order valence-electron chi connectivity index (χ2n) is 4.27. The molecule has 1 saturated heterocycles. The van der Waals surface area contributed by atoms with Crippen molar-refractivity contribution in [2.24, 2.45) is 0 Å². The summed E-state index contributed by atoms with van der Waals surface area (Å²) in [5, 5.41) is 2.67. The highest BCUT2D eigenvalue weighted by Crippen LogP contribution is 2.12. The van der Waals surface area contributed by atoms with E-state index >= 15 is 0 Å². The fourth-order valence-corrected chi connectivity index (χ4v) is 1.79. The third kappa shape index (κ3) is 3.23. The molecule has 0 bridgehead atoms. The van der Waals surface area contributed by atoms with Crippen LogP contribution in [-0.2, 0) is 9.59 Å². The summed E-state index contributed by atoms with van der Waals surface area (Å²) in [7, 11) is 0. The molecule has 0 aliphatic carbocycles. The fraction of sp³-hybridized carbons (Fsp3) is 0.385. The predicted octanol–water partition coefficient (Wildman–Crippen LogP) is 0.332. The maximum Gasteiger partial charge on any atom is 0.261 e. The van der Waals surface area contributed by atoms with Crippen molar-refractivity contribution in [1.82, 2.24) is 10.2 Å². The molecule has 18 heavy (non-hydrogen) atoms. The van der Waals surface area contributed by atoms with Crippen LogP contribution in [-0.4, -0.2) is 43.0 Å². The number of carbonyl (C=O) groups is 2. The van der Waals surface area contributed by atoms with Crippen LogP contribution in [0.25, 0.3) is 0 Å². The predicted molar refractivity (Wildman–Crippen MR) is 66.3 cm³/mol. The minimum absolute atomic E-state index is 0.0310. The number of piperazine rings is 1. The Bertz CT molecular complexity index is 459.